The smallest absolute Gasteiger partial charge is 0.0942 e. The molecule has 1 fully saturated rings. The minimum atomic E-state index is -0.791. The summed E-state index contributed by atoms with van der Waals surface area (Å²) in [5.41, 5.74) is 0.176. The van der Waals surface area contributed by atoms with E-state index < -0.39 is 5.60 Å². The third-order valence-corrected chi connectivity index (χ3v) is 4.37. The maximum absolute atomic E-state index is 10.8. The molecule has 0 aliphatic heterocycles. The van der Waals surface area contributed by atoms with Crippen molar-refractivity contribution >= 4 is 10.8 Å². The van der Waals surface area contributed by atoms with Crippen LogP contribution in [0.15, 0.2) is 36.7 Å². The molecular weight excluding hydrogens is 210 g/mol. The van der Waals surface area contributed by atoms with E-state index in [1.54, 1.807) is 0 Å². The van der Waals surface area contributed by atoms with Gasteiger partial charge in [0.1, 0.15) is 0 Å². The largest absolute Gasteiger partial charge is 0.385 e. The fourth-order valence-corrected chi connectivity index (χ4v) is 2.50. The Morgan fingerprint density at radius 2 is 1.94 bits per heavy atom. The van der Waals surface area contributed by atoms with Gasteiger partial charge in [-0.05, 0) is 25.2 Å². The molecule has 0 bridgehead atoms. The molecule has 1 heterocycles. The first-order valence-electron chi connectivity index (χ1n) is 6.10. The molecule has 2 nitrogen and oxygen atoms in total. The van der Waals surface area contributed by atoms with Crippen LogP contribution in [-0.4, -0.2) is 10.1 Å². The van der Waals surface area contributed by atoms with Gasteiger partial charge in [-0.15, -0.1) is 0 Å². The highest BCUT2D eigenvalue weighted by molar-refractivity contribution is 5.85. The van der Waals surface area contributed by atoms with Crippen LogP contribution in [0.1, 0.15) is 32.3 Å². The Kier molecular flexibility index (Phi) is 2.08. The van der Waals surface area contributed by atoms with Crippen molar-refractivity contribution in [1.82, 2.24) is 4.98 Å². The standard InChI is InChI=1S/C15H17NO/c1-14(7-8-14)15(2,17)13-10-16-9-11-5-3-4-6-12(11)13/h3-6,9-10,17H,7-8H2,1-2H3. The molecule has 1 atom stereocenters. The van der Waals surface area contributed by atoms with E-state index in [0.29, 0.717) is 0 Å². The number of benzene rings is 1. The van der Waals surface area contributed by atoms with E-state index in [4.69, 9.17) is 0 Å². The maximum atomic E-state index is 10.8. The zero-order chi connectivity index (χ0) is 12.1. The first kappa shape index (κ1) is 10.7. The molecule has 0 radical (unpaired) electrons. The van der Waals surface area contributed by atoms with E-state index in [-0.39, 0.29) is 5.41 Å². The van der Waals surface area contributed by atoms with Crippen LogP contribution >= 0.6 is 0 Å². The Morgan fingerprint density at radius 1 is 1.24 bits per heavy atom. The summed E-state index contributed by atoms with van der Waals surface area (Å²) < 4.78 is 0. The zero-order valence-electron chi connectivity index (χ0n) is 10.3. The molecule has 2 aromatic rings. The monoisotopic (exact) mass is 227 g/mol. The van der Waals surface area contributed by atoms with Gasteiger partial charge in [-0.3, -0.25) is 4.98 Å². The van der Waals surface area contributed by atoms with Crippen LogP contribution in [0.3, 0.4) is 0 Å². The SMILES string of the molecule is CC1(C(C)(O)c2cncc3ccccc23)CC1. The second-order valence-electron chi connectivity index (χ2n) is 5.54. The fraction of sp³-hybridized carbons (Fsp3) is 0.400. The highest BCUT2D eigenvalue weighted by Gasteiger charge is 2.53. The van der Waals surface area contributed by atoms with Gasteiger partial charge in [-0.2, -0.15) is 0 Å². The summed E-state index contributed by atoms with van der Waals surface area (Å²) >= 11 is 0. The minimum absolute atomic E-state index is 0.0127. The molecule has 0 saturated heterocycles. The Bertz CT molecular complexity index is 565. The van der Waals surface area contributed by atoms with Crippen molar-refractivity contribution in [2.75, 3.05) is 0 Å². The van der Waals surface area contributed by atoms with Crippen LogP contribution in [0, 0.1) is 5.41 Å². The summed E-state index contributed by atoms with van der Waals surface area (Å²) in [6, 6.07) is 8.11. The molecular formula is C15H17NO. The first-order valence-corrected chi connectivity index (χ1v) is 6.10. The summed E-state index contributed by atoms with van der Waals surface area (Å²) in [7, 11) is 0. The summed E-state index contributed by atoms with van der Waals surface area (Å²) in [4.78, 5) is 4.26. The molecule has 1 unspecified atom stereocenters. The van der Waals surface area contributed by atoms with E-state index in [1.165, 1.54) is 0 Å². The van der Waals surface area contributed by atoms with Crippen LogP contribution in [0.25, 0.3) is 10.8 Å². The van der Waals surface area contributed by atoms with Crippen molar-refractivity contribution in [2.24, 2.45) is 5.41 Å². The van der Waals surface area contributed by atoms with E-state index in [0.717, 1.165) is 29.2 Å². The average Bonchev–Trinajstić information content (AvgIpc) is 3.08. The van der Waals surface area contributed by atoms with E-state index in [2.05, 4.69) is 18.0 Å². The van der Waals surface area contributed by atoms with Crippen molar-refractivity contribution in [3.8, 4) is 0 Å². The predicted molar refractivity (Wildman–Crippen MR) is 68.7 cm³/mol. The zero-order valence-corrected chi connectivity index (χ0v) is 10.3. The van der Waals surface area contributed by atoms with Gasteiger partial charge in [0, 0.05) is 28.8 Å². The second-order valence-corrected chi connectivity index (χ2v) is 5.54. The molecule has 1 N–H and O–H groups in total. The Balaban J connectivity index is 2.24. The molecule has 17 heavy (non-hydrogen) atoms. The van der Waals surface area contributed by atoms with Gasteiger partial charge in [0.05, 0.1) is 5.60 Å². The first-order chi connectivity index (χ1) is 8.05. The van der Waals surface area contributed by atoms with Crippen LogP contribution in [0.4, 0.5) is 0 Å². The fourth-order valence-electron chi connectivity index (χ4n) is 2.50. The third-order valence-electron chi connectivity index (χ3n) is 4.37. The number of hydrogen-bond acceptors (Lipinski definition) is 2. The number of fused-ring (bicyclic) bond motifs is 1. The van der Waals surface area contributed by atoms with Gasteiger partial charge in [0.25, 0.3) is 0 Å². The summed E-state index contributed by atoms with van der Waals surface area (Å²) in [5.74, 6) is 0. The summed E-state index contributed by atoms with van der Waals surface area (Å²) in [5, 5.41) is 13.0. The van der Waals surface area contributed by atoms with Crippen LogP contribution < -0.4 is 0 Å². The Morgan fingerprint density at radius 3 is 2.65 bits per heavy atom. The van der Waals surface area contributed by atoms with Gasteiger partial charge in [0.15, 0.2) is 0 Å². The van der Waals surface area contributed by atoms with Crippen molar-refractivity contribution < 1.29 is 5.11 Å². The number of rotatable bonds is 2. The molecule has 1 aliphatic carbocycles. The summed E-state index contributed by atoms with van der Waals surface area (Å²) in [6.07, 6.45) is 5.84. The van der Waals surface area contributed by atoms with E-state index in [1.807, 2.05) is 37.5 Å². The topological polar surface area (TPSA) is 33.1 Å². The quantitative estimate of drug-likeness (QED) is 0.854. The lowest BCUT2D eigenvalue weighted by atomic mass is 9.80. The van der Waals surface area contributed by atoms with E-state index >= 15 is 0 Å². The number of aromatic nitrogens is 1. The molecule has 0 amide bonds. The summed E-state index contributed by atoms with van der Waals surface area (Å²) in [6.45, 7) is 4.07. The second kappa shape index (κ2) is 3.30. The highest BCUT2D eigenvalue weighted by atomic mass is 16.3. The Labute approximate surface area is 101 Å². The lowest BCUT2D eigenvalue weighted by Gasteiger charge is -2.31. The molecule has 1 aliphatic rings. The van der Waals surface area contributed by atoms with Crippen LogP contribution in [0.2, 0.25) is 0 Å². The number of nitrogens with zero attached hydrogens (tertiary/aromatic N) is 1. The number of pyridine rings is 1. The molecule has 1 aromatic carbocycles. The van der Waals surface area contributed by atoms with E-state index in [9.17, 15) is 5.11 Å². The van der Waals surface area contributed by atoms with Crippen molar-refractivity contribution in [3.63, 3.8) is 0 Å². The van der Waals surface area contributed by atoms with Gasteiger partial charge in [-0.25, -0.2) is 0 Å². The van der Waals surface area contributed by atoms with Gasteiger partial charge in [0.2, 0.25) is 0 Å². The predicted octanol–water partition coefficient (Wildman–Crippen LogP) is 3.24. The number of aliphatic hydroxyl groups is 1. The van der Waals surface area contributed by atoms with Crippen LogP contribution in [0.5, 0.6) is 0 Å². The van der Waals surface area contributed by atoms with Gasteiger partial charge >= 0.3 is 0 Å². The van der Waals surface area contributed by atoms with Crippen LogP contribution in [-0.2, 0) is 5.60 Å². The third kappa shape index (κ3) is 1.48. The number of hydrogen-bond donors (Lipinski definition) is 1. The minimum Gasteiger partial charge on any atom is -0.385 e. The molecule has 3 rings (SSSR count). The normalized spacial score (nSPS) is 21.1. The molecule has 2 heteroatoms. The maximum Gasteiger partial charge on any atom is 0.0942 e. The van der Waals surface area contributed by atoms with Gasteiger partial charge < -0.3 is 5.11 Å². The van der Waals surface area contributed by atoms with Gasteiger partial charge in [-0.1, -0.05) is 31.2 Å². The Hall–Kier alpha value is -1.41. The molecule has 1 saturated carbocycles. The molecule has 0 spiro atoms. The highest BCUT2D eigenvalue weighted by Crippen LogP contribution is 2.58. The van der Waals surface area contributed by atoms with Crippen molar-refractivity contribution in [2.45, 2.75) is 32.3 Å². The molecule has 88 valence electrons. The lowest BCUT2D eigenvalue weighted by molar-refractivity contribution is -0.0115. The van der Waals surface area contributed by atoms with Crippen molar-refractivity contribution in [1.29, 1.82) is 0 Å². The molecule has 1 aromatic heterocycles. The average molecular weight is 227 g/mol. The lowest BCUT2D eigenvalue weighted by Crippen LogP contribution is -2.31. The van der Waals surface area contributed by atoms with Crippen molar-refractivity contribution in [3.05, 3.63) is 42.2 Å².